The standard InChI is InChI=1S/C43H52FNO12/c1-23-27-19-30(47)41(8)29(44)20-31-42(22-53-31,56-24(2)46)34(41)35(55-36(49)26-17-13-10-14-18-26)43(52,40(27,6)7)21-28(23)54-37(50)33(48)32(25-15-11-9-12-16-25)45-38(51)57-39(3,4)5/h9-18,28-29,31-35,48,52H,19-22H2,1-8H3,(H,45,51)/t28-,29+,31+,32-,33+,34-,35-,41-,42-,43+/m0/s1. The number of nitrogens with one attached hydrogen (secondary N) is 1. The van der Waals surface area contributed by atoms with E-state index in [2.05, 4.69) is 5.32 Å². The van der Waals surface area contributed by atoms with Gasteiger partial charge in [0.05, 0.1) is 29.5 Å². The average molecular weight is 794 g/mol. The zero-order valence-corrected chi connectivity index (χ0v) is 33.5. The van der Waals surface area contributed by atoms with E-state index in [9.17, 15) is 34.2 Å². The first-order valence-electron chi connectivity index (χ1n) is 19.2. The van der Waals surface area contributed by atoms with Crippen LogP contribution < -0.4 is 5.32 Å². The molecule has 14 heteroatoms. The summed E-state index contributed by atoms with van der Waals surface area (Å²) in [6, 6.07) is 14.8. The van der Waals surface area contributed by atoms with Crippen molar-refractivity contribution in [3.8, 4) is 0 Å². The van der Waals surface area contributed by atoms with E-state index in [1.54, 1.807) is 90.1 Å². The number of ether oxygens (including phenoxy) is 5. The van der Waals surface area contributed by atoms with E-state index in [1.807, 2.05) is 0 Å². The molecule has 1 aliphatic heterocycles. The van der Waals surface area contributed by atoms with Crippen molar-refractivity contribution < 1.29 is 62.3 Å². The maximum absolute atomic E-state index is 16.8. The Balaban J connectivity index is 1.46. The molecule has 308 valence electrons. The highest BCUT2D eigenvalue weighted by Gasteiger charge is 2.77. The molecule has 1 saturated heterocycles. The Labute approximate surface area is 331 Å². The number of aliphatic hydroxyl groups excluding tert-OH is 1. The van der Waals surface area contributed by atoms with E-state index in [0.29, 0.717) is 16.7 Å². The molecule has 0 radical (unpaired) electrons. The number of rotatable bonds is 8. The van der Waals surface area contributed by atoms with Crippen LogP contribution in [0.3, 0.4) is 0 Å². The summed E-state index contributed by atoms with van der Waals surface area (Å²) in [4.78, 5) is 68.6. The fourth-order valence-corrected chi connectivity index (χ4v) is 9.34. The van der Waals surface area contributed by atoms with Crippen LogP contribution >= 0.6 is 0 Å². The molecule has 2 bridgehead atoms. The number of carbonyl (C=O) groups is 5. The van der Waals surface area contributed by atoms with Gasteiger partial charge >= 0.3 is 24.0 Å². The van der Waals surface area contributed by atoms with Crippen LogP contribution in [0.15, 0.2) is 71.8 Å². The number of amides is 1. The van der Waals surface area contributed by atoms with Gasteiger partial charge in [0.25, 0.3) is 0 Å². The molecule has 0 spiro atoms. The first kappa shape index (κ1) is 42.0. The number of benzene rings is 2. The molecule has 2 aromatic rings. The summed E-state index contributed by atoms with van der Waals surface area (Å²) >= 11 is 0. The number of halogens is 1. The van der Waals surface area contributed by atoms with Crippen LogP contribution in [0.2, 0.25) is 0 Å². The fourth-order valence-electron chi connectivity index (χ4n) is 9.34. The van der Waals surface area contributed by atoms with E-state index in [-0.39, 0.29) is 25.0 Å². The van der Waals surface area contributed by atoms with E-state index >= 15 is 4.39 Å². The molecule has 2 aromatic carbocycles. The summed E-state index contributed by atoms with van der Waals surface area (Å²) in [5, 5.41) is 27.5. The predicted octanol–water partition coefficient (Wildman–Crippen LogP) is 5.27. The second-order valence-electron chi connectivity index (χ2n) is 17.4. The number of alkyl carbamates (subject to hydrolysis) is 1. The Morgan fingerprint density at radius 3 is 2.16 bits per heavy atom. The van der Waals surface area contributed by atoms with Crippen LogP contribution in [0.4, 0.5) is 9.18 Å². The van der Waals surface area contributed by atoms with Gasteiger partial charge in [-0.15, -0.1) is 0 Å². The summed E-state index contributed by atoms with van der Waals surface area (Å²) in [6.07, 6.45) is -9.98. The molecule has 2 saturated carbocycles. The van der Waals surface area contributed by atoms with Crippen molar-refractivity contribution in [3.63, 3.8) is 0 Å². The summed E-state index contributed by atoms with van der Waals surface area (Å²) in [5.41, 5.74) is -7.01. The number of hydrogen-bond acceptors (Lipinski definition) is 12. The number of Topliss-reactive ketones (excluding diaryl/α,β-unsaturated/α-hetero) is 1. The number of carbonyl (C=O) groups excluding carboxylic acids is 5. The smallest absolute Gasteiger partial charge is 0.408 e. The van der Waals surface area contributed by atoms with Gasteiger partial charge in [0.15, 0.2) is 11.7 Å². The summed E-state index contributed by atoms with van der Waals surface area (Å²) in [5.74, 6) is -4.89. The molecule has 4 aliphatic rings. The van der Waals surface area contributed by atoms with Crippen molar-refractivity contribution in [2.75, 3.05) is 6.61 Å². The molecule has 3 fully saturated rings. The molecule has 1 heterocycles. The maximum Gasteiger partial charge on any atom is 0.408 e. The average Bonchev–Trinajstić information content (AvgIpc) is 3.13. The van der Waals surface area contributed by atoms with Gasteiger partial charge in [-0.1, -0.05) is 68.0 Å². The van der Waals surface area contributed by atoms with Crippen molar-refractivity contribution in [2.45, 2.75) is 128 Å². The highest BCUT2D eigenvalue weighted by molar-refractivity contribution is 5.91. The first-order chi connectivity index (χ1) is 26.6. The predicted molar refractivity (Wildman–Crippen MR) is 201 cm³/mol. The van der Waals surface area contributed by atoms with E-state index in [4.69, 9.17) is 23.7 Å². The number of ketones is 1. The number of alkyl halides is 1. The molecule has 3 aliphatic carbocycles. The molecule has 0 unspecified atom stereocenters. The molecule has 0 aromatic heterocycles. The van der Waals surface area contributed by atoms with Crippen molar-refractivity contribution in [1.29, 1.82) is 0 Å². The molecule has 6 rings (SSSR count). The fraction of sp³-hybridized carbons (Fsp3) is 0.558. The van der Waals surface area contributed by atoms with E-state index < -0.39 is 106 Å². The third-order valence-electron chi connectivity index (χ3n) is 12.5. The Bertz CT molecular complexity index is 1950. The lowest BCUT2D eigenvalue weighted by atomic mass is 9.45. The minimum Gasteiger partial charge on any atom is -0.456 e. The molecule has 1 amide bonds. The number of hydrogen-bond donors (Lipinski definition) is 3. The normalized spacial score (nSPS) is 32.8. The second-order valence-corrected chi connectivity index (χ2v) is 17.4. The van der Waals surface area contributed by atoms with Gasteiger partial charge in [-0.3, -0.25) is 9.59 Å². The summed E-state index contributed by atoms with van der Waals surface area (Å²) in [6.45, 7) is 12.3. The zero-order chi connectivity index (χ0) is 41.9. The zero-order valence-electron chi connectivity index (χ0n) is 33.5. The van der Waals surface area contributed by atoms with Gasteiger partial charge in [-0.05, 0) is 57.9 Å². The minimum absolute atomic E-state index is 0.0999. The monoisotopic (exact) mass is 793 g/mol. The Morgan fingerprint density at radius 2 is 1.60 bits per heavy atom. The van der Waals surface area contributed by atoms with Crippen LogP contribution in [0.25, 0.3) is 0 Å². The quantitative estimate of drug-likeness (QED) is 0.179. The van der Waals surface area contributed by atoms with Crippen molar-refractivity contribution >= 4 is 29.8 Å². The van der Waals surface area contributed by atoms with Gasteiger partial charge in [0, 0.05) is 31.6 Å². The van der Waals surface area contributed by atoms with Crippen molar-refractivity contribution in [3.05, 3.63) is 82.9 Å². The van der Waals surface area contributed by atoms with Crippen LogP contribution in [-0.2, 0) is 38.1 Å². The molecular formula is C43H52FNO12. The second kappa shape index (κ2) is 14.9. The molecule has 10 atom stereocenters. The lowest BCUT2D eigenvalue weighted by molar-refractivity contribution is -0.340. The highest BCUT2D eigenvalue weighted by atomic mass is 19.1. The topological polar surface area (TPSA) is 184 Å². The highest BCUT2D eigenvalue weighted by Crippen LogP contribution is 2.64. The third kappa shape index (κ3) is 7.25. The molecule has 57 heavy (non-hydrogen) atoms. The lowest BCUT2D eigenvalue weighted by Gasteiger charge is -2.66. The van der Waals surface area contributed by atoms with Gasteiger partial charge in [0.2, 0.25) is 0 Å². The number of esters is 3. The van der Waals surface area contributed by atoms with E-state index in [1.165, 1.54) is 26.0 Å². The van der Waals surface area contributed by atoms with Crippen LogP contribution in [-0.4, -0.2) is 94.0 Å². The van der Waals surface area contributed by atoms with Gasteiger partial charge in [-0.25, -0.2) is 18.8 Å². The Morgan fingerprint density at radius 1 is 0.982 bits per heavy atom. The maximum atomic E-state index is 16.8. The van der Waals surface area contributed by atoms with E-state index in [0.717, 1.165) is 0 Å². The van der Waals surface area contributed by atoms with Crippen LogP contribution in [0, 0.1) is 16.7 Å². The van der Waals surface area contributed by atoms with Gasteiger partial charge in [-0.2, -0.15) is 0 Å². The third-order valence-corrected chi connectivity index (χ3v) is 12.5. The first-order valence-corrected chi connectivity index (χ1v) is 19.2. The summed E-state index contributed by atoms with van der Waals surface area (Å²) in [7, 11) is 0. The lowest BCUT2D eigenvalue weighted by Crippen LogP contribution is -2.80. The SMILES string of the molecule is CC(=O)O[C@@]12CO[C@@H]1C[C@@H](F)[C@@]1(C)C(=O)CC3=C(C)[C@@H](OC(=O)[C@H](O)[C@@H](NC(=O)OC(C)(C)C)c4ccccc4)C[C@@](O)([C@@H](OC(=O)c4ccccc4)[C@H]21)C3(C)C. The number of aliphatic hydroxyl groups is 2. The molecular weight excluding hydrogens is 741 g/mol. The van der Waals surface area contributed by atoms with Gasteiger partial charge in [0.1, 0.15) is 41.5 Å². The molecule has 13 nitrogen and oxygen atoms in total. The summed E-state index contributed by atoms with van der Waals surface area (Å²) < 4.78 is 46.3. The largest absolute Gasteiger partial charge is 0.456 e. The molecule has 3 N–H and O–H groups in total. The van der Waals surface area contributed by atoms with Gasteiger partial charge < -0.3 is 39.2 Å². The van der Waals surface area contributed by atoms with Crippen molar-refractivity contribution in [1.82, 2.24) is 5.32 Å². The van der Waals surface area contributed by atoms with Crippen molar-refractivity contribution in [2.24, 2.45) is 16.7 Å². The number of fused-ring (bicyclic) bond motifs is 5. The van der Waals surface area contributed by atoms with Crippen LogP contribution in [0.1, 0.15) is 96.6 Å². The Kier molecular flexibility index (Phi) is 11.0. The Hall–Kier alpha value is -4.66. The van der Waals surface area contributed by atoms with Crippen LogP contribution in [0.5, 0.6) is 0 Å². The minimum atomic E-state index is -2.23.